The Morgan fingerprint density at radius 1 is 1.41 bits per heavy atom. The molecule has 6 nitrogen and oxygen atoms in total. The van der Waals surface area contributed by atoms with Crippen molar-refractivity contribution in [3.8, 4) is 0 Å². The first-order chi connectivity index (χ1) is 10.5. The van der Waals surface area contributed by atoms with E-state index in [2.05, 4.69) is 9.88 Å². The van der Waals surface area contributed by atoms with Crippen molar-refractivity contribution in [1.29, 1.82) is 0 Å². The van der Waals surface area contributed by atoms with Crippen LogP contribution in [0.25, 0.3) is 10.2 Å². The van der Waals surface area contributed by atoms with Crippen LogP contribution in [-0.2, 0) is 11.3 Å². The zero-order valence-electron chi connectivity index (χ0n) is 12.8. The molecule has 3 atom stereocenters. The third-order valence-electron chi connectivity index (χ3n) is 3.81. The maximum absolute atomic E-state index is 12.3. The molecular weight excluding hydrogens is 302 g/mol. The highest BCUT2D eigenvalue weighted by Gasteiger charge is 2.24. The molecular formula is C15H21N3O3S. The standard InChI is InChI=1S/C15H21N3O3S/c1-10-5-17(6-11(2)21-10)7-12(19)8-18-9-16-13-3-4-22-14(13)15(18)20/h3-4,9-12,19H,5-8H2,1-2H3/t10-,11-,12-/m1/s1. The molecule has 1 saturated heterocycles. The van der Waals surface area contributed by atoms with Crippen LogP contribution in [0.4, 0.5) is 0 Å². The third-order valence-corrected chi connectivity index (χ3v) is 4.70. The van der Waals surface area contributed by atoms with Gasteiger partial charge in [-0.05, 0) is 25.3 Å². The van der Waals surface area contributed by atoms with Gasteiger partial charge in [0.15, 0.2) is 0 Å². The summed E-state index contributed by atoms with van der Waals surface area (Å²) >= 11 is 1.39. The van der Waals surface area contributed by atoms with Crippen molar-refractivity contribution in [1.82, 2.24) is 14.5 Å². The van der Waals surface area contributed by atoms with Crippen LogP contribution in [0.1, 0.15) is 13.8 Å². The molecule has 0 saturated carbocycles. The maximum atomic E-state index is 12.3. The van der Waals surface area contributed by atoms with Crippen molar-refractivity contribution in [2.45, 2.75) is 38.7 Å². The lowest BCUT2D eigenvalue weighted by molar-refractivity contribution is -0.0773. The Labute approximate surface area is 133 Å². The minimum atomic E-state index is -0.602. The SMILES string of the molecule is C[C@@H]1CN(C[C@@H](O)Cn2cnc3ccsc3c2=O)C[C@@H](C)O1. The van der Waals surface area contributed by atoms with E-state index in [1.807, 2.05) is 25.3 Å². The molecule has 0 aliphatic carbocycles. The monoisotopic (exact) mass is 323 g/mol. The molecule has 0 aromatic carbocycles. The van der Waals surface area contributed by atoms with E-state index in [1.165, 1.54) is 22.2 Å². The minimum absolute atomic E-state index is 0.0808. The average molecular weight is 323 g/mol. The molecule has 0 unspecified atom stereocenters. The van der Waals surface area contributed by atoms with Gasteiger partial charge in [0.1, 0.15) is 4.70 Å². The van der Waals surface area contributed by atoms with Crippen LogP contribution >= 0.6 is 11.3 Å². The van der Waals surface area contributed by atoms with Crippen molar-refractivity contribution in [3.05, 3.63) is 28.1 Å². The van der Waals surface area contributed by atoms with Crippen LogP contribution in [0, 0.1) is 0 Å². The molecule has 0 radical (unpaired) electrons. The number of hydrogen-bond donors (Lipinski definition) is 1. The highest BCUT2D eigenvalue weighted by atomic mass is 32.1. The van der Waals surface area contributed by atoms with Crippen molar-refractivity contribution in [2.24, 2.45) is 0 Å². The molecule has 120 valence electrons. The normalized spacial score (nSPS) is 24.7. The fourth-order valence-corrected chi connectivity index (χ4v) is 3.82. The second kappa shape index (κ2) is 6.45. The summed E-state index contributed by atoms with van der Waals surface area (Å²) in [5.74, 6) is 0. The largest absolute Gasteiger partial charge is 0.390 e. The summed E-state index contributed by atoms with van der Waals surface area (Å²) in [5, 5.41) is 12.2. The van der Waals surface area contributed by atoms with Gasteiger partial charge in [0, 0.05) is 19.6 Å². The fourth-order valence-electron chi connectivity index (χ4n) is 3.03. The van der Waals surface area contributed by atoms with Crippen LogP contribution in [0.15, 0.2) is 22.6 Å². The van der Waals surface area contributed by atoms with Crippen LogP contribution in [0.5, 0.6) is 0 Å². The van der Waals surface area contributed by atoms with E-state index in [4.69, 9.17) is 4.74 Å². The summed E-state index contributed by atoms with van der Waals surface area (Å²) in [6.07, 6.45) is 1.26. The van der Waals surface area contributed by atoms with E-state index >= 15 is 0 Å². The molecule has 1 aliphatic heterocycles. The first-order valence-corrected chi connectivity index (χ1v) is 8.39. The first-order valence-electron chi connectivity index (χ1n) is 7.51. The van der Waals surface area contributed by atoms with Crippen molar-refractivity contribution < 1.29 is 9.84 Å². The van der Waals surface area contributed by atoms with E-state index < -0.39 is 6.10 Å². The van der Waals surface area contributed by atoms with Gasteiger partial charge >= 0.3 is 0 Å². The number of morpholine rings is 1. The van der Waals surface area contributed by atoms with Gasteiger partial charge < -0.3 is 9.84 Å². The summed E-state index contributed by atoms with van der Waals surface area (Å²) in [4.78, 5) is 18.8. The Morgan fingerprint density at radius 3 is 2.86 bits per heavy atom. The second-order valence-electron chi connectivity index (χ2n) is 5.97. The second-order valence-corrected chi connectivity index (χ2v) is 6.88. The molecule has 3 rings (SSSR count). The summed E-state index contributed by atoms with van der Waals surface area (Å²) in [7, 11) is 0. The molecule has 1 fully saturated rings. The van der Waals surface area contributed by atoms with Crippen LogP contribution in [0.3, 0.4) is 0 Å². The number of aliphatic hydroxyl groups is 1. The highest BCUT2D eigenvalue weighted by Crippen LogP contribution is 2.14. The molecule has 22 heavy (non-hydrogen) atoms. The lowest BCUT2D eigenvalue weighted by Gasteiger charge is -2.36. The lowest BCUT2D eigenvalue weighted by atomic mass is 10.2. The van der Waals surface area contributed by atoms with Crippen molar-refractivity contribution in [3.63, 3.8) is 0 Å². The quantitative estimate of drug-likeness (QED) is 0.906. The summed E-state index contributed by atoms with van der Waals surface area (Å²) in [5.41, 5.74) is 0.638. The van der Waals surface area contributed by atoms with Gasteiger partial charge in [-0.15, -0.1) is 11.3 Å². The van der Waals surface area contributed by atoms with Gasteiger partial charge in [-0.3, -0.25) is 14.3 Å². The molecule has 0 spiro atoms. The molecule has 1 N–H and O–H groups in total. The van der Waals surface area contributed by atoms with E-state index in [-0.39, 0.29) is 24.3 Å². The maximum Gasteiger partial charge on any atom is 0.271 e. The Morgan fingerprint density at radius 2 is 2.14 bits per heavy atom. The molecule has 1 aliphatic rings. The average Bonchev–Trinajstić information content (AvgIpc) is 2.90. The molecule has 2 aromatic heterocycles. The van der Waals surface area contributed by atoms with E-state index in [0.29, 0.717) is 11.2 Å². The van der Waals surface area contributed by atoms with Gasteiger partial charge in [-0.1, -0.05) is 0 Å². The van der Waals surface area contributed by atoms with Gasteiger partial charge in [-0.25, -0.2) is 4.98 Å². The molecule has 2 aromatic rings. The summed E-state index contributed by atoms with van der Waals surface area (Å²) in [6, 6.07) is 1.83. The third kappa shape index (κ3) is 3.38. The highest BCUT2D eigenvalue weighted by molar-refractivity contribution is 7.17. The number of aromatic nitrogens is 2. The number of rotatable bonds is 4. The lowest BCUT2D eigenvalue weighted by Crippen LogP contribution is -2.48. The number of fused-ring (bicyclic) bond motifs is 1. The van der Waals surface area contributed by atoms with Crippen LogP contribution in [-0.4, -0.2) is 57.5 Å². The summed E-state index contributed by atoms with van der Waals surface area (Å²) < 4.78 is 7.83. The predicted octanol–water partition coefficient (Wildman–Crippen LogP) is 0.928. The Balaban J connectivity index is 1.66. The van der Waals surface area contributed by atoms with Crippen LogP contribution < -0.4 is 5.56 Å². The molecule has 0 amide bonds. The van der Waals surface area contributed by atoms with E-state index in [1.54, 1.807) is 0 Å². The number of thiophene rings is 1. The number of aliphatic hydroxyl groups excluding tert-OH is 1. The van der Waals surface area contributed by atoms with Gasteiger partial charge in [-0.2, -0.15) is 0 Å². The van der Waals surface area contributed by atoms with Gasteiger partial charge in [0.2, 0.25) is 0 Å². The zero-order chi connectivity index (χ0) is 15.7. The first kappa shape index (κ1) is 15.6. The fraction of sp³-hybridized carbons (Fsp3) is 0.600. The zero-order valence-corrected chi connectivity index (χ0v) is 13.6. The number of hydrogen-bond acceptors (Lipinski definition) is 6. The Hall–Kier alpha value is -1.28. The Kier molecular flexibility index (Phi) is 4.58. The number of ether oxygens (including phenoxy) is 1. The smallest absolute Gasteiger partial charge is 0.271 e. The molecule has 3 heterocycles. The van der Waals surface area contributed by atoms with Crippen molar-refractivity contribution >= 4 is 21.6 Å². The van der Waals surface area contributed by atoms with Gasteiger partial charge in [0.05, 0.1) is 36.7 Å². The topological polar surface area (TPSA) is 67.6 Å². The Bertz CT molecular complexity index is 689. The van der Waals surface area contributed by atoms with E-state index in [9.17, 15) is 9.90 Å². The predicted molar refractivity (Wildman–Crippen MR) is 86.3 cm³/mol. The minimum Gasteiger partial charge on any atom is -0.390 e. The molecule has 7 heteroatoms. The van der Waals surface area contributed by atoms with Gasteiger partial charge in [0.25, 0.3) is 5.56 Å². The van der Waals surface area contributed by atoms with Crippen LogP contribution in [0.2, 0.25) is 0 Å². The molecule has 0 bridgehead atoms. The van der Waals surface area contributed by atoms with Crippen molar-refractivity contribution in [2.75, 3.05) is 19.6 Å². The number of nitrogens with zero attached hydrogens (tertiary/aromatic N) is 3. The number of β-amino-alcohol motifs (C(OH)–C–C–N with tert-alkyl or cyclic N) is 1. The van der Waals surface area contributed by atoms with E-state index in [0.717, 1.165) is 18.6 Å². The summed E-state index contributed by atoms with van der Waals surface area (Å²) in [6.45, 7) is 6.48.